The van der Waals surface area contributed by atoms with E-state index in [0.717, 1.165) is 11.1 Å². The van der Waals surface area contributed by atoms with E-state index in [1.54, 1.807) is 27.0 Å². The molecule has 8 nitrogen and oxygen atoms in total. The number of hydrogen-bond acceptors (Lipinski definition) is 8. The maximum Gasteiger partial charge on any atom is 0.328 e. The Balaban J connectivity index is 1.89. The number of esters is 1. The highest BCUT2D eigenvalue weighted by Crippen LogP contribution is 2.40. The van der Waals surface area contributed by atoms with Gasteiger partial charge in [-0.15, -0.1) is 0 Å². The summed E-state index contributed by atoms with van der Waals surface area (Å²) >= 11 is 5.35. The second-order valence-corrected chi connectivity index (χ2v) is 9.07. The average Bonchev–Trinajstić information content (AvgIpc) is 2.90. The Bertz CT molecular complexity index is 1260. The molecule has 0 aliphatic heterocycles. The molecule has 0 aliphatic rings. The molecule has 1 heterocycles. The van der Waals surface area contributed by atoms with E-state index in [1.807, 2.05) is 25.1 Å². The minimum atomic E-state index is -0.881. The summed E-state index contributed by atoms with van der Waals surface area (Å²) < 4.78 is 36.1. The predicted molar refractivity (Wildman–Crippen MR) is 145 cm³/mol. The fourth-order valence-electron chi connectivity index (χ4n) is 4.13. The molecule has 1 unspecified atom stereocenters. The summed E-state index contributed by atoms with van der Waals surface area (Å²) in [7, 11) is 4.42. The van der Waals surface area contributed by atoms with Crippen molar-refractivity contribution in [1.82, 2.24) is 10.3 Å². The molecule has 2 aromatic carbocycles. The molecule has 38 heavy (non-hydrogen) atoms. The van der Waals surface area contributed by atoms with E-state index in [1.165, 1.54) is 38.6 Å². The fourth-order valence-corrected chi connectivity index (χ4v) is 4.46. The number of methoxy groups -OCH3 is 3. The smallest absolute Gasteiger partial charge is 0.328 e. The Labute approximate surface area is 226 Å². The van der Waals surface area contributed by atoms with Crippen molar-refractivity contribution in [2.75, 3.05) is 21.3 Å². The van der Waals surface area contributed by atoms with Crippen LogP contribution < -0.4 is 19.5 Å². The van der Waals surface area contributed by atoms with Gasteiger partial charge in [0.15, 0.2) is 11.5 Å². The van der Waals surface area contributed by atoms with Gasteiger partial charge in [0.05, 0.1) is 27.2 Å². The van der Waals surface area contributed by atoms with E-state index >= 15 is 0 Å². The number of nitrogens with zero attached hydrogens (tertiary/aromatic N) is 1. The summed E-state index contributed by atoms with van der Waals surface area (Å²) in [6, 6.07) is 10.5. The Kier molecular flexibility index (Phi) is 9.46. The molecular formula is C28H31FN2O6S. The van der Waals surface area contributed by atoms with Gasteiger partial charge in [0, 0.05) is 29.5 Å². The average molecular weight is 543 g/mol. The molecule has 0 spiro atoms. The number of hydrogen-bond donors (Lipinski definition) is 2. The number of nitrogens with one attached hydrogen (secondary N) is 1. The summed E-state index contributed by atoms with van der Waals surface area (Å²) in [5.74, 6) is -0.732. The second kappa shape index (κ2) is 12.6. The summed E-state index contributed by atoms with van der Waals surface area (Å²) in [6.45, 7) is 5.26. The lowest BCUT2D eigenvalue weighted by Gasteiger charge is -2.29. The topological polar surface area (TPSA) is 99.1 Å². The number of halogens is 1. The first-order chi connectivity index (χ1) is 18.1. The number of aryl methyl sites for hydroxylation is 1. The summed E-state index contributed by atoms with van der Waals surface area (Å²) in [5.41, 5.74) is 2.43. The number of ether oxygens (including phenoxy) is 4. The highest BCUT2D eigenvalue weighted by atomic mass is 32.1. The van der Waals surface area contributed by atoms with Crippen LogP contribution in [0.5, 0.6) is 23.0 Å². The highest BCUT2D eigenvalue weighted by molar-refractivity contribution is 7.80. The molecule has 0 saturated heterocycles. The summed E-state index contributed by atoms with van der Waals surface area (Å²) in [5, 5.41) is 13.2. The Morgan fingerprint density at radius 2 is 1.58 bits per heavy atom. The van der Waals surface area contributed by atoms with Crippen LogP contribution in [0.15, 0.2) is 48.7 Å². The largest absolute Gasteiger partial charge is 0.503 e. The lowest BCUT2D eigenvalue weighted by molar-refractivity contribution is -0.150. The molecule has 0 amide bonds. The maximum atomic E-state index is 14.0. The van der Waals surface area contributed by atoms with Crippen LogP contribution in [0.4, 0.5) is 4.39 Å². The lowest BCUT2D eigenvalue weighted by Crippen LogP contribution is -2.41. The molecule has 0 radical (unpaired) electrons. The minimum Gasteiger partial charge on any atom is -0.503 e. The predicted octanol–water partition coefficient (Wildman–Crippen LogP) is 4.68. The monoisotopic (exact) mass is 542 g/mol. The Morgan fingerprint density at radius 1 is 0.974 bits per heavy atom. The molecular weight excluding hydrogens is 511 g/mol. The van der Waals surface area contributed by atoms with Crippen LogP contribution in [-0.2, 0) is 9.53 Å². The van der Waals surface area contributed by atoms with Crippen molar-refractivity contribution in [2.24, 2.45) is 0 Å². The molecule has 3 rings (SSSR count). The zero-order valence-electron chi connectivity index (χ0n) is 22.1. The summed E-state index contributed by atoms with van der Waals surface area (Å²) in [4.78, 5) is 17.3. The van der Waals surface area contributed by atoms with Crippen molar-refractivity contribution in [3.8, 4) is 23.0 Å². The molecule has 2 N–H and O–H groups in total. The molecule has 0 fully saturated rings. The van der Waals surface area contributed by atoms with E-state index < -0.39 is 29.9 Å². The van der Waals surface area contributed by atoms with Crippen molar-refractivity contribution in [2.45, 2.75) is 38.8 Å². The van der Waals surface area contributed by atoms with Crippen molar-refractivity contribution < 1.29 is 33.2 Å². The van der Waals surface area contributed by atoms with E-state index in [0.29, 0.717) is 17.1 Å². The van der Waals surface area contributed by atoms with Gasteiger partial charge >= 0.3 is 5.97 Å². The molecule has 3 atom stereocenters. The maximum absolute atomic E-state index is 14.0. The number of pyridine rings is 1. The van der Waals surface area contributed by atoms with E-state index in [2.05, 4.69) is 10.3 Å². The van der Waals surface area contributed by atoms with Crippen molar-refractivity contribution >= 4 is 23.2 Å². The number of aromatic hydroxyl groups is 1. The van der Waals surface area contributed by atoms with Crippen LogP contribution in [0.25, 0.3) is 0 Å². The van der Waals surface area contributed by atoms with Crippen LogP contribution in [0.1, 0.15) is 42.1 Å². The van der Waals surface area contributed by atoms with Gasteiger partial charge < -0.3 is 29.4 Å². The van der Waals surface area contributed by atoms with Crippen LogP contribution in [0.3, 0.4) is 0 Å². The van der Waals surface area contributed by atoms with Gasteiger partial charge in [-0.05, 0) is 38.5 Å². The quantitative estimate of drug-likeness (QED) is 0.280. The standard InChI is InChI=1S/C28H31FN2O6S/c1-15-7-9-19(22(13-15)35-5)24(20-10-8-18(29)14-23(20)36-6)17(3)37-28(33)16(2)31-27(38)25-26(32)21(34-4)11-12-30-25/h7-14,16-17,24,32H,1-6H3,(H,31,38)/t16-,17-,24?/m0/s1. The van der Waals surface area contributed by atoms with Crippen LogP contribution >= 0.6 is 12.2 Å². The molecule has 3 aromatic rings. The zero-order chi connectivity index (χ0) is 28.0. The zero-order valence-corrected chi connectivity index (χ0v) is 22.9. The Morgan fingerprint density at radius 3 is 2.21 bits per heavy atom. The third-order valence-corrected chi connectivity index (χ3v) is 6.36. The lowest BCUT2D eigenvalue weighted by atomic mass is 9.85. The number of benzene rings is 2. The number of rotatable bonds is 10. The molecule has 1 aromatic heterocycles. The van der Waals surface area contributed by atoms with E-state index in [4.69, 9.17) is 31.2 Å². The van der Waals surface area contributed by atoms with Gasteiger partial charge in [-0.2, -0.15) is 0 Å². The van der Waals surface area contributed by atoms with E-state index in [9.17, 15) is 14.3 Å². The van der Waals surface area contributed by atoms with Crippen LogP contribution in [0.2, 0.25) is 0 Å². The first-order valence-corrected chi connectivity index (χ1v) is 12.2. The normalized spacial score (nSPS) is 13.1. The summed E-state index contributed by atoms with van der Waals surface area (Å²) in [6.07, 6.45) is 0.711. The van der Waals surface area contributed by atoms with Crippen LogP contribution in [-0.4, -0.2) is 54.5 Å². The third kappa shape index (κ3) is 6.31. The SMILES string of the molecule is COc1cc(C)ccc1C(c1ccc(F)cc1OC)[C@H](C)OC(=O)[C@H](C)NC(=S)c1nccc(OC)c1O. The Hall–Kier alpha value is -3.92. The van der Waals surface area contributed by atoms with Crippen molar-refractivity contribution in [3.05, 3.63) is 76.9 Å². The van der Waals surface area contributed by atoms with Crippen molar-refractivity contribution in [1.29, 1.82) is 0 Å². The van der Waals surface area contributed by atoms with Gasteiger partial charge in [0.2, 0.25) is 0 Å². The number of thiocarbonyl (C=S) groups is 1. The highest BCUT2D eigenvalue weighted by Gasteiger charge is 2.31. The second-order valence-electron chi connectivity index (χ2n) is 8.66. The number of carbonyl (C=O) groups excluding carboxylic acids is 1. The van der Waals surface area contributed by atoms with E-state index in [-0.39, 0.29) is 22.2 Å². The van der Waals surface area contributed by atoms with Gasteiger partial charge in [-0.25, -0.2) is 14.2 Å². The first-order valence-electron chi connectivity index (χ1n) is 11.8. The van der Waals surface area contributed by atoms with Crippen LogP contribution in [0, 0.1) is 12.7 Å². The van der Waals surface area contributed by atoms with Crippen molar-refractivity contribution in [3.63, 3.8) is 0 Å². The first kappa shape index (κ1) is 28.6. The molecule has 0 aliphatic carbocycles. The third-order valence-electron chi connectivity index (χ3n) is 6.05. The molecule has 0 saturated carbocycles. The number of aromatic nitrogens is 1. The molecule has 202 valence electrons. The molecule has 0 bridgehead atoms. The van der Waals surface area contributed by atoms with Gasteiger partial charge in [0.25, 0.3) is 0 Å². The van der Waals surface area contributed by atoms with Gasteiger partial charge in [0.1, 0.15) is 40.1 Å². The molecule has 10 heteroatoms. The number of carbonyl (C=O) groups is 1. The fraction of sp³-hybridized carbons (Fsp3) is 0.321. The van der Waals surface area contributed by atoms with Gasteiger partial charge in [-0.1, -0.05) is 30.4 Å². The minimum absolute atomic E-state index is 0.0514. The van der Waals surface area contributed by atoms with Gasteiger partial charge in [-0.3, -0.25) is 0 Å².